The third-order valence-electron chi connectivity index (χ3n) is 2.29. The van der Waals surface area contributed by atoms with E-state index in [1.165, 1.54) is 0 Å². The van der Waals surface area contributed by atoms with Crippen molar-refractivity contribution in [1.29, 1.82) is 0 Å². The lowest BCUT2D eigenvalue weighted by molar-refractivity contribution is -0.430. The summed E-state index contributed by atoms with van der Waals surface area (Å²) in [6.45, 7) is 0. The van der Waals surface area contributed by atoms with E-state index in [9.17, 15) is 9.90 Å². The molecule has 82 valence electrons. The Balaban J connectivity index is 2.75. The molecule has 1 aromatic carbocycles. The van der Waals surface area contributed by atoms with Gasteiger partial charge < -0.3 is 20.5 Å². The summed E-state index contributed by atoms with van der Waals surface area (Å²) in [5.41, 5.74) is 5.79. The number of carbonyl (C=O) groups excluding carboxylic acids is 1. The normalized spacial score (nSPS) is 12.2. The maximum atomic E-state index is 10.4. The number of carboxylic acid groups (broad SMARTS) is 1. The predicted octanol–water partition coefficient (Wildman–Crippen LogP) is -0.824. The topological polar surface area (TPSA) is 71.0 Å². The molecule has 0 aliphatic carbocycles. The number of hydrogen-bond donors (Lipinski definition) is 1. The second kappa shape index (κ2) is 4.79. The minimum atomic E-state index is -1.06. The van der Waals surface area contributed by atoms with Crippen molar-refractivity contribution in [3.8, 4) is 0 Å². The van der Waals surface area contributed by atoms with Crippen molar-refractivity contribution in [2.24, 2.45) is 0 Å². The molecule has 1 atom stereocenters. The minimum Gasteiger partial charge on any atom is -0.550 e. The van der Waals surface area contributed by atoms with Crippen LogP contribution in [0.2, 0.25) is 0 Å². The zero-order valence-corrected chi connectivity index (χ0v) is 9.06. The van der Waals surface area contributed by atoms with Gasteiger partial charge in [0.1, 0.15) is 6.04 Å². The molecule has 0 aliphatic rings. The van der Waals surface area contributed by atoms with E-state index in [2.05, 4.69) is 5.73 Å². The molecule has 4 nitrogen and oxygen atoms in total. The van der Waals surface area contributed by atoms with Crippen LogP contribution in [0.25, 0.3) is 0 Å². The minimum absolute atomic E-state index is 0.0404. The third-order valence-corrected chi connectivity index (χ3v) is 2.29. The van der Waals surface area contributed by atoms with Crippen molar-refractivity contribution >= 4 is 11.7 Å². The van der Waals surface area contributed by atoms with Gasteiger partial charge in [-0.1, -0.05) is 12.1 Å². The Kier molecular flexibility index (Phi) is 3.68. The van der Waals surface area contributed by atoms with E-state index in [0.29, 0.717) is 0 Å². The highest BCUT2D eigenvalue weighted by Gasteiger charge is 2.09. The van der Waals surface area contributed by atoms with Gasteiger partial charge in [0.25, 0.3) is 0 Å². The van der Waals surface area contributed by atoms with Gasteiger partial charge in [-0.3, -0.25) is 0 Å². The van der Waals surface area contributed by atoms with Gasteiger partial charge in [-0.25, -0.2) is 0 Å². The fourth-order valence-electron chi connectivity index (χ4n) is 1.36. The zero-order valence-electron chi connectivity index (χ0n) is 9.06. The molecule has 0 fully saturated rings. The summed E-state index contributed by atoms with van der Waals surface area (Å²) in [6.07, 6.45) is -0.0404. The zero-order chi connectivity index (χ0) is 11.4. The standard InChI is InChI=1S/C11H16N2O2/c1-13(2)9-5-3-8(4-6-9)10(12)7-11(14)15/h3-6,10H,7,12H2,1-2H3,(H,14,15)/t10-/m1/s1. The van der Waals surface area contributed by atoms with Gasteiger partial charge in [0.05, 0.1) is 0 Å². The molecule has 0 heterocycles. The van der Waals surface area contributed by atoms with Crippen LogP contribution in [0.3, 0.4) is 0 Å². The van der Waals surface area contributed by atoms with Crippen molar-refractivity contribution in [2.75, 3.05) is 19.0 Å². The first-order valence-corrected chi connectivity index (χ1v) is 4.81. The second-order valence-corrected chi connectivity index (χ2v) is 3.76. The molecule has 0 radical (unpaired) electrons. The van der Waals surface area contributed by atoms with Crippen molar-refractivity contribution in [3.05, 3.63) is 29.8 Å². The van der Waals surface area contributed by atoms with Gasteiger partial charge in [-0.2, -0.15) is 0 Å². The molecular formula is C11H16N2O2. The average molecular weight is 208 g/mol. The van der Waals surface area contributed by atoms with Crippen LogP contribution >= 0.6 is 0 Å². The first-order valence-electron chi connectivity index (χ1n) is 4.81. The molecule has 0 saturated carbocycles. The van der Waals surface area contributed by atoms with Crippen molar-refractivity contribution in [3.63, 3.8) is 0 Å². The Morgan fingerprint density at radius 3 is 2.33 bits per heavy atom. The average Bonchev–Trinajstić information content (AvgIpc) is 2.17. The van der Waals surface area contributed by atoms with Crippen LogP contribution < -0.4 is 15.7 Å². The number of quaternary nitrogens is 1. The van der Waals surface area contributed by atoms with Crippen molar-refractivity contribution < 1.29 is 15.6 Å². The number of carboxylic acids is 1. The van der Waals surface area contributed by atoms with E-state index in [1.807, 2.05) is 43.3 Å². The maximum absolute atomic E-state index is 10.4. The highest BCUT2D eigenvalue weighted by Crippen LogP contribution is 2.16. The fourth-order valence-corrected chi connectivity index (χ4v) is 1.36. The molecule has 0 aliphatic heterocycles. The number of carbonyl (C=O) groups is 1. The van der Waals surface area contributed by atoms with Gasteiger partial charge in [0.15, 0.2) is 0 Å². The number of anilines is 1. The molecule has 0 bridgehead atoms. The Morgan fingerprint density at radius 1 is 1.40 bits per heavy atom. The quantitative estimate of drug-likeness (QED) is 0.702. The van der Waals surface area contributed by atoms with Gasteiger partial charge in [0, 0.05) is 37.7 Å². The summed E-state index contributed by atoms with van der Waals surface area (Å²) in [4.78, 5) is 12.4. The number of aliphatic carboxylic acids is 1. The third kappa shape index (κ3) is 3.25. The summed E-state index contributed by atoms with van der Waals surface area (Å²) < 4.78 is 0. The molecule has 0 saturated heterocycles. The fraction of sp³-hybridized carbons (Fsp3) is 0.364. The van der Waals surface area contributed by atoms with E-state index >= 15 is 0 Å². The van der Waals surface area contributed by atoms with Crippen LogP contribution in [0.4, 0.5) is 5.69 Å². The highest BCUT2D eigenvalue weighted by atomic mass is 16.4. The van der Waals surface area contributed by atoms with Crippen LogP contribution in [-0.4, -0.2) is 20.1 Å². The van der Waals surface area contributed by atoms with E-state index in [4.69, 9.17) is 0 Å². The molecule has 0 amide bonds. The number of benzene rings is 1. The summed E-state index contributed by atoms with van der Waals surface area (Å²) in [6, 6.07) is 7.45. The monoisotopic (exact) mass is 208 g/mol. The molecule has 1 aromatic rings. The van der Waals surface area contributed by atoms with Crippen LogP contribution in [-0.2, 0) is 4.79 Å². The van der Waals surface area contributed by atoms with Crippen molar-refractivity contribution in [2.45, 2.75) is 12.5 Å². The lowest BCUT2D eigenvalue weighted by Gasteiger charge is -2.14. The first-order chi connectivity index (χ1) is 7.00. The molecule has 15 heavy (non-hydrogen) atoms. The van der Waals surface area contributed by atoms with Crippen molar-refractivity contribution in [1.82, 2.24) is 0 Å². The molecular weight excluding hydrogens is 192 g/mol. The second-order valence-electron chi connectivity index (χ2n) is 3.76. The Hall–Kier alpha value is -1.55. The first kappa shape index (κ1) is 11.5. The van der Waals surface area contributed by atoms with Gasteiger partial charge in [-0.05, 0) is 12.1 Å². The van der Waals surface area contributed by atoms with Crippen LogP contribution in [0.15, 0.2) is 24.3 Å². The SMILES string of the molecule is CN(C)c1ccc([C@H]([NH3+])CC(=O)[O-])cc1. The van der Waals surface area contributed by atoms with Crippen LogP contribution in [0.1, 0.15) is 18.0 Å². The van der Waals surface area contributed by atoms with E-state index < -0.39 is 5.97 Å². The Morgan fingerprint density at radius 2 is 1.93 bits per heavy atom. The summed E-state index contributed by atoms with van der Waals surface area (Å²) in [5.74, 6) is -1.06. The van der Waals surface area contributed by atoms with E-state index in [1.54, 1.807) is 0 Å². The van der Waals surface area contributed by atoms with E-state index in [0.717, 1.165) is 11.3 Å². The summed E-state index contributed by atoms with van der Waals surface area (Å²) >= 11 is 0. The number of rotatable bonds is 4. The largest absolute Gasteiger partial charge is 0.550 e. The molecule has 0 unspecified atom stereocenters. The van der Waals surface area contributed by atoms with Gasteiger partial charge in [0.2, 0.25) is 0 Å². The van der Waals surface area contributed by atoms with E-state index in [-0.39, 0.29) is 12.5 Å². The van der Waals surface area contributed by atoms with Gasteiger partial charge >= 0.3 is 0 Å². The number of hydrogen-bond acceptors (Lipinski definition) is 3. The molecule has 1 rings (SSSR count). The number of nitrogens with zero attached hydrogens (tertiary/aromatic N) is 1. The lowest BCUT2D eigenvalue weighted by atomic mass is 10.0. The molecule has 3 N–H and O–H groups in total. The van der Waals surface area contributed by atoms with Gasteiger partial charge in [-0.15, -0.1) is 0 Å². The summed E-state index contributed by atoms with van der Waals surface area (Å²) in [7, 11) is 3.91. The molecule has 0 aromatic heterocycles. The maximum Gasteiger partial charge on any atom is 0.115 e. The highest BCUT2D eigenvalue weighted by molar-refractivity contribution is 5.65. The summed E-state index contributed by atoms with van der Waals surface area (Å²) in [5, 5.41) is 10.4. The Labute approximate surface area is 89.3 Å². The molecule has 4 heteroatoms. The Bertz CT molecular complexity index is 333. The van der Waals surface area contributed by atoms with Crippen LogP contribution in [0.5, 0.6) is 0 Å². The molecule has 0 spiro atoms. The predicted molar refractivity (Wildman–Crippen MR) is 56.0 cm³/mol. The lowest BCUT2D eigenvalue weighted by Crippen LogP contribution is -2.55. The smallest absolute Gasteiger partial charge is 0.115 e. The van der Waals surface area contributed by atoms with Crippen LogP contribution in [0, 0.1) is 0 Å².